The van der Waals surface area contributed by atoms with Crippen molar-refractivity contribution in [1.82, 2.24) is 9.97 Å². The van der Waals surface area contributed by atoms with Crippen LogP contribution in [-0.4, -0.2) is 16.3 Å². The first kappa shape index (κ1) is 10.7. The van der Waals surface area contributed by atoms with Crippen LogP contribution in [0, 0.1) is 0 Å². The Morgan fingerprint density at radius 2 is 2.00 bits per heavy atom. The van der Waals surface area contributed by atoms with E-state index in [2.05, 4.69) is 22.1 Å². The second-order valence-electron chi connectivity index (χ2n) is 4.24. The molecule has 3 rings (SSSR count). The molecule has 0 aliphatic rings. The molecule has 2 heterocycles. The number of benzene rings is 1. The summed E-state index contributed by atoms with van der Waals surface area (Å²) in [6, 6.07) is 13.9. The van der Waals surface area contributed by atoms with Gasteiger partial charge in [-0.15, -0.1) is 0 Å². The van der Waals surface area contributed by atoms with Gasteiger partial charge in [-0.25, -0.2) is 0 Å². The first-order valence-corrected chi connectivity index (χ1v) is 5.82. The Hall–Kier alpha value is -2.42. The number of aldehydes is 1. The van der Waals surface area contributed by atoms with E-state index in [0.717, 1.165) is 29.4 Å². The van der Waals surface area contributed by atoms with Crippen molar-refractivity contribution >= 4 is 17.3 Å². The van der Waals surface area contributed by atoms with Crippen molar-refractivity contribution in [3.05, 3.63) is 65.5 Å². The quantitative estimate of drug-likeness (QED) is 0.710. The van der Waals surface area contributed by atoms with Crippen molar-refractivity contribution in [2.24, 2.45) is 0 Å². The Bertz CT molecular complexity index is 686. The number of nitrogens with zero attached hydrogens (tertiary/aromatic N) is 1. The highest BCUT2D eigenvalue weighted by Gasteiger charge is 2.06. The van der Waals surface area contributed by atoms with Crippen molar-refractivity contribution < 1.29 is 4.79 Å². The van der Waals surface area contributed by atoms with Gasteiger partial charge in [0, 0.05) is 23.9 Å². The normalized spacial score (nSPS) is 10.7. The topological polar surface area (TPSA) is 45.8 Å². The minimum atomic E-state index is 0.652. The van der Waals surface area contributed by atoms with Gasteiger partial charge in [0.25, 0.3) is 0 Å². The Labute approximate surface area is 104 Å². The molecule has 0 fully saturated rings. The van der Waals surface area contributed by atoms with E-state index in [1.54, 1.807) is 12.3 Å². The summed E-state index contributed by atoms with van der Waals surface area (Å²) >= 11 is 0. The zero-order valence-electron chi connectivity index (χ0n) is 9.76. The second kappa shape index (κ2) is 4.45. The maximum Gasteiger partial charge on any atom is 0.152 e. The molecule has 1 aromatic carbocycles. The molecule has 0 saturated heterocycles. The van der Waals surface area contributed by atoms with Crippen LogP contribution in [0.1, 0.15) is 21.6 Å². The highest BCUT2D eigenvalue weighted by atomic mass is 16.1. The summed E-state index contributed by atoms with van der Waals surface area (Å²) in [5.41, 5.74) is 4.61. The molecular formula is C15H12N2O. The maximum absolute atomic E-state index is 10.9. The van der Waals surface area contributed by atoms with Crippen LogP contribution in [0.5, 0.6) is 0 Å². The smallest absolute Gasteiger partial charge is 0.152 e. The van der Waals surface area contributed by atoms with Gasteiger partial charge >= 0.3 is 0 Å². The molecule has 88 valence electrons. The number of carbonyl (C=O) groups is 1. The van der Waals surface area contributed by atoms with Crippen LogP contribution in [0.25, 0.3) is 11.0 Å². The lowest BCUT2D eigenvalue weighted by Gasteiger charge is -1.97. The Balaban J connectivity index is 2.01. The van der Waals surface area contributed by atoms with E-state index in [9.17, 15) is 4.79 Å². The van der Waals surface area contributed by atoms with E-state index >= 15 is 0 Å². The van der Waals surface area contributed by atoms with Crippen molar-refractivity contribution in [2.75, 3.05) is 0 Å². The van der Waals surface area contributed by atoms with Crippen LogP contribution < -0.4 is 0 Å². The van der Waals surface area contributed by atoms with Crippen molar-refractivity contribution in [1.29, 1.82) is 0 Å². The SMILES string of the molecule is O=Cc1ccnc2cc(Cc3ccccc3)[nH]c12. The van der Waals surface area contributed by atoms with Crippen LogP contribution in [0.2, 0.25) is 0 Å². The molecule has 3 heteroatoms. The number of hydrogen-bond acceptors (Lipinski definition) is 2. The van der Waals surface area contributed by atoms with Crippen LogP contribution in [0.15, 0.2) is 48.7 Å². The van der Waals surface area contributed by atoms with E-state index in [-0.39, 0.29) is 0 Å². The largest absolute Gasteiger partial charge is 0.356 e. The lowest BCUT2D eigenvalue weighted by Crippen LogP contribution is -1.87. The molecular weight excluding hydrogens is 224 g/mol. The maximum atomic E-state index is 10.9. The third-order valence-electron chi connectivity index (χ3n) is 2.97. The van der Waals surface area contributed by atoms with Gasteiger partial charge in [0.15, 0.2) is 6.29 Å². The molecule has 0 aliphatic heterocycles. The van der Waals surface area contributed by atoms with Gasteiger partial charge in [-0.2, -0.15) is 0 Å². The van der Waals surface area contributed by atoms with E-state index in [0.29, 0.717) is 5.56 Å². The predicted octanol–water partition coefficient (Wildman–Crippen LogP) is 2.97. The first-order chi connectivity index (χ1) is 8.86. The summed E-state index contributed by atoms with van der Waals surface area (Å²) in [5.74, 6) is 0. The summed E-state index contributed by atoms with van der Waals surface area (Å²) in [7, 11) is 0. The number of H-pyrrole nitrogens is 1. The molecule has 0 unspecified atom stereocenters. The van der Waals surface area contributed by atoms with E-state index < -0.39 is 0 Å². The minimum Gasteiger partial charge on any atom is -0.356 e. The zero-order chi connectivity index (χ0) is 12.4. The Kier molecular flexibility index (Phi) is 2.65. The average Bonchev–Trinajstić information content (AvgIpc) is 2.82. The number of aromatic amines is 1. The van der Waals surface area contributed by atoms with Crippen LogP contribution in [-0.2, 0) is 6.42 Å². The lowest BCUT2D eigenvalue weighted by molar-refractivity contribution is 0.112. The van der Waals surface area contributed by atoms with Gasteiger partial charge in [-0.3, -0.25) is 9.78 Å². The van der Waals surface area contributed by atoms with Gasteiger partial charge in [0.1, 0.15) is 0 Å². The molecule has 3 aromatic rings. The molecule has 3 nitrogen and oxygen atoms in total. The summed E-state index contributed by atoms with van der Waals surface area (Å²) in [6.45, 7) is 0. The molecule has 18 heavy (non-hydrogen) atoms. The number of pyridine rings is 1. The number of rotatable bonds is 3. The number of carbonyl (C=O) groups excluding carboxylic acids is 1. The number of hydrogen-bond donors (Lipinski definition) is 1. The number of nitrogens with one attached hydrogen (secondary N) is 1. The first-order valence-electron chi connectivity index (χ1n) is 5.82. The van der Waals surface area contributed by atoms with Gasteiger partial charge in [-0.1, -0.05) is 30.3 Å². The number of fused-ring (bicyclic) bond motifs is 1. The molecule has 0 spiro atoms. The van der Waals surface area contributed by atoms with Gasteiger partial charge in [0.05, 0.1) is 11.0 Å². The second-order valence-corrected chi connectivity index (χ2v) is 4.24. The summed E-state index contributed by atoms with van der Waals surface area (Å²) in [6.07, 6.45) is 3.33. The average molecular weight is 236 g/mol. The van der Waals surface area contributed by atoms with Crippen LogP contribution in [0.4, 0.5) is 0 Å². The molecule has 0 aliphatic carbocycles. The van der Waals surface area contributed by atoms with Crippen LogP contribution in [0.3, 0.4) is 0 Å². The minimum absolute atomic E-state index is 0.652. The summed E-state index contributed by atoms with van der Waals surface area (Å²) in [4.78, 5) is 18.5. The van der Waals surface area contributed by atoms with Crippen molar-refractivity contribution in [3.8, 4) is 0 Å². The van der Waals surface area contributed by atoms with Gasteiger partial charge in [0.2, 0.25) is 0 Å². The summed E-state index contributed by atoms with van der Waals surface area (Å²) < 4.78 is 0. The van der Waals surface area contributed by atoms with Gasteiger partial charge < -0.3 is 4.98 Å². The highest BCUT2D eigenvalue weighted by Crippen LogP contribution is 2.18. The molecule has 0 amide bonds. The van der Waals surface area contributed by atoms with E-state index in [1.165, 1.54) is 5.56 Å². The van der Waals surface area contributed by atoms with Crippen molar-refractivity contribution in [2.45, 2.75) is 6.42 Å². The van der Waals surface area contributed by atoms with E-state index in [1.807, 2.05) is 24.3 Å². The fourth-order valence-corrected chi connectivity index (χ4v) is 2.11. The zero-order valence-corrected chi connectivity index (χ0v) is 9.76. The molecule has 2 aromatic heterocycles. The fraction of sp³-hybridized carbons (Fsp3) is 0.0667. The number of aromatic nitrogens is 2. The fourth-order valence-electron chi connectivity index (χ4n) is 2.11. The highest BCUT2D eigenvalue weighted by molar-refractivity contribution is 5.94. The Morgan fingerprint density at radius 3 is 2.78 bits per heavy atom. The monoisotopic (exact) mass is 236 g/mol. The lowest BCUT2D eigenvalue weighted by atomic mass is 10.1. The molecule has 0 saturated carbocycles. The van der Waals surface area contributed by atoms with Crippen molar-refractivity contribution in [3.63, 3.8) is 0 Å². The molecule has 0 atom stereocenters. The van der Waals surface area contributed by atoms with Crippen LogP contribution >= 0.6 is 0 Å². The molecule has 1 N–H and O–H groups in total. The standard InChI is InChI=1S/C15H12N2O/c18-10-12-6-7-16-14-9-13(17-15(12)14)8-11-4-2-1-3-5-11/h1-7,9-10,17H,8H2. The Morgan fingerprint density at radius 1 is 1.17 bits per heavy atom. The third-order valence-corrected chi connectivity index (χ3v) is 2.97. The third kappa shape index (κ3) is 1.91. The summed E-state index contributed by atoms with van der Waals surface area (Å²) in [5, 5.41) is 0. The predicted molar refractivity (Wildman–Crippen MR) is 70.7 cm³/mol. The van der Waals surface area contributed by atoms with Gasteiger partial charge in [-0.05, 0) is 17.7 Å². The molecule has 0 radical (unpaired) electrons. The molecule has 0 bridgehead atoms. The van der Waals surface area contributed by atoms with E-state index in [4.69, 9.17) is 0 Å².